The van der Waals surface area contributed by atoms with Gasteiger partial charge in [-0.1, -0.05) is 0 Å². The van der Waals surface area contributed by atoms with E-state index in [2.05, 4.69) is 26.8 Å². The second-order valence-electron chi connectivity index (χ2n) is 6.29. The molecular weight excluding hydrogens is 423 g/mol. The number of hydrogen-bond acceptors (Lipinski definition) is 4. The molecule has 0 spiro atoms. The van der Waals surface area contributed by atoms with Crippen LogP contribution in [0, 0.1) is 5.92 Å². The molecule has 2 N–H and O–H groups in total. The molecule has 0 aliphatic carbocycles. The van der Waals surface area contributed by atoms with Crippen LogP contribution in [0.5, 0.6) is 0 Å². The van der Waals surface area contributed by atoms with Crippen LogP contribution in [0.25, 0.3) is 0 Å². The maximum Gasteiger partial charge on any atom is 0.191 e. The highest BCUT2D eigenvalue weighted by atomic mass is 127. The first-order valence-corrected chi connectivity index (χ1v) is 9.97. The summed E-state index contributed by atoms with van der Waals surface area (Å²) in [6.45, 7) is 6.52. The fourth-order valence-corrected chi connectivity index (χ4v) is 3.60. The fraction of sp³-hybridized carbons (Fsp3) is 0.938. The summed E-state index contributed by atoms with van der Waals surface area (Å²) in [4.78, 5) is 6.94. The Morgan fingerprint density at radius 3 is 2.70 bits per heavy atom. The predicted octanol–water partition coefficient (Wildman–Crippen LogP) is 2.02. The van der Waals surface area contributed by atoms with Crippen LogP contribution in [0.4, 0.5) is 0 Å². The van der Waals surface area contributed by atoms with Crippen LogP contribution in [0.1, 0.15) is 25.7 Å². The molecule has 1 unspecified atom stereocenters. The van der Waals surface area contributed by atoms with E-state index in [0.29, 0.717) is 6.04 Å². The average molecular weight is 456 g/mol. The maximum absolute atomic E-state index is 5.48. The summed E-state index contributed by atoms with van der Waals surface area (Å²) in [5.74, 6) is 2.92. The number of aliphatic imine (C=N–C) groups is 1. The van der Waals surface area contributed by atoms with Gasteiger partial charge in [-0.05, 0) is 43.6 Å². The van der Waals surface area contributed by atoms with E-state index >= 15 is 0 Å². The summed E-state index contributed by atoms with van der Waals surface area (Å²) in [6, 6.07) is 0.558. The van der Waals surface area contributed by atoms with Gasteiger partial charge < -0.3 is 20.3 Å². The van der Waals surface area contributed by atoms with Crippen molar-refractivity contribution in [3.05, 3.63) is 0 Å². The van der Waals surface area contributed by atoms with Gasteiger partial charge in [0.2, 0.25) is 0 Å². The first-order valence-electron chi connectivity index (χ1n) is 8.58. The molecule has 136 valence electrons. The molecule has 0 radical (unpaired) electrons. The zero-order valence-corrected chi connectivity index (χ0v) is 17.7. The molecule has 1 atom stereocenters. The normalized spacial score (nSPS) is 23.6. The van der Waals surface area contributed by atoms with Crippen LogP contribution in [-0.4, -0.2) is 75.4 Å². The van der Waals surface area contributed by atoms with Crippen molar-refractivity contribution in [1.29, 1.82) is 0 Å². The third kappa shape index (κ3) is 8.27. The molecular formula is C16H33IN4OS. The minimum Gasteiger partial charge on any atom is -0.381 e. The summed E-state index contributed by atoms with van der Waals surface area (Å²) in [5, 5.41) is 6.99. The number of guanidine groups is 1. The van der Waals surface area contributed by atoms with Crippen molar-refractivity contribution in [3.63, 3.8) is 0 Å². The Bertz CT molecular complexity index is 332. The summed E-state index contributed by atoms with van der Waals surface area (Å²) in [6.07, 6.45) is 6.99. The Hall–Kier alpha value is 0.270. The van der Waals surface area contributed by atoms with Crippen LogP contribution in [0.2, 0.25) is 0 Å². The zero-order valence-electron chi connectivity index (χ0n) is 14.6. The van der Waals surface area contributed by atoms with Gasteiger partial charge in [-0.2, -0.15) is 11.8 Å². The lowest BCUT2D eigenvalue weighted by Gasteiger charge is -2.34. The van der Waals surface area contributed by atoms with Crippen molar-refractivity contribution in [1.82, 2.24) is 15.5 Å². The average Bonchev–Trinajstić information content (AvgIpc) is 3.05. The number of ether oxygens (including phenoxy) is 1. The molecule has 2 heterocycles. The van der Waals surface area contributed by atoms with Crippen LogP contribution in [0.15, 0.2) is 4.99 Å². The Kier molecular flexibility index (Phi) is 11.7. The van der Waals surface area contributed by atoms with Crippen LogP contribution in [0.3, 0.4) is 0 Å². The van der Waals surface area contributed by atoms with Gasteiger partial charge in [-0.25, -0.2) is 0 Å². The van der Waals surface area contributed by atoms with Crippen molar-refractivity contribution in [2.75, 3.05) is 58.4 Å². The fourth-order valence-electron chi connectivity index (χ4n) is 3.16. The monoisotopic (exact) mass is 456 g/mol. The van der Waals surface area contributed by atoms with E-state index in [-0.39, 0.29) is 24.0 Å². The van der Waals surface area contributed by atoms with Gasteiger partial charge in [0.05, 0.1) is 6.61 Å². The van der Waals surface area contributed by atoms with E-state index < -0.39 is 0 Å². The second kappa shape index (κ2) is 12.6. The Morgan fingerprint density at radius 2 is 2.09 bits per heavy atom. The summed E-state index contributed by atoms with van der Waals surface area (Å²) in [5.41, 5.74) is 0. The molecule has 0 aromatic carbocycles. The third-order valence-corrected chi connectivity index (χ3v) is 5.21. The van der Waals surface area contributed by atoms with Gasteiger partial charge in [0, 0.05) is 45.9 Å². The standard InChI is InChI=1S/C16H32N4OS.HI/c1-17-16(18-7-3-11-22-2)19-15-4-8-20(9-5-15)12-14-6-10-21-13-14;/h14-15H,3-13H2,1-2H3,(H2,17,18,19);1H. The Balaban J connectivity index is 0.00000264. The van der Waals surface area contributed by atoms with E-state index in [4.69, 9.17) is 4.74 Å². The molecule has 0 aromatic heterocycles. The molecule has 0 saturated carbocycles. The van der Waals surface area contributed by atoms with Gasteiger partial charge in [-0.3, -0.25) is 4.99 Å². The lowest BCUT2D eigenvalue weighted by Crippen LogP contribution is -2.49. The zero-order chi connectivity index (χ0) is 15.6. The number of thioether (sulfide) groups is 1. The third-order valence-electron chi connectivity index (χ3n) is 4.51. The van der Waals surface area contributed by atoms with Crippen molar-refractivity contribution in [3.8, 4) is 0 Å². The summed E-state index contributed by atoms with van der Waals surface area (Å²) in [7, 11) is 1.86. The van der Waals surface area contributed by atoms with Crippen LogP contribution < -0.4 is 10.6 Å². The second-order valence-corrected chi connectivity index (χ2v) is 7.28. The first kappa shape index (κ1) is 21.3. The molecule has 2 saturated heterocycles. The molecule has 0 aromatic rings. The number of nitrogens with one attached hydrogen (secondary N) is 2. The minimum absolute atomic E-state index is 0. The predicted molar refractivity (Wildman–Crippen MR) is 111 cm³/mol. The number of hydrogen-bond donors (Lipinski definition) is 2. The SMILES string of the molecule is CN=C(NCCCSC)NC1CCN(CC2CCOC2)CC1.I. The van der Waals surface area contributed by atoms with E-state index in [1.165, 1.54) is 51.1 Å². The van der Waals surface area contributed by atoms with E-state index in [1.54, 1.807) is 0 Å². The van der Waals surface area contributed by atoms with E-state index in [0.717, 1.165) is 31.6 Å². The van der Waals surface area contributed by atoms with Crippen molar-refractivity contribution in [2.24, 2.45) is 10.9 Å². The molecule has 0 amide bonds. The maximum atomic E-state index is 5.48. The number of nitrogens with zero attached hydrogens (tertiary/aromatic N) is 2. The number of halogens is 1. The number of piperidine rings is 1. The van der Waals surface area contributed by atoms with Crippen LogP contribution >= 0.6 is 35.7 Å². The van der Waals surface area contributed by atoms with Gasteiger partial charge >= 0.3 is 0 Å². The van der Waals surface area contributed by atoms with Gasteiger partial charge in [0.15, 0.2) is 5.96 Å². The van der Waals surface area contributed by atoms with Gasteiger partial charge in [-0.15, -0.1) is 24.0 Å². The number of rotatable bonds is 7. The summed E-state index contributed by atoms with van der Waals surface area (Å²) >= 11 is 1.89. The van der Waals surface area contributed by atoms with Gasteiger partial charge in [0.1, 0.15) is 0 Å². The quantitative estimate of drug-likeness (QED) is 0.266. The molecule has 23 heavy (non-hydrogen) atoms. The molecule has 0 bridgehead atoms. The highest BCUT2D eigenvalue weighted by Gasteiger charge is 2.24. The number of likely N-dealkylation sites (tertiary alicyclic amines) is 1. The Morgan fingerprint density at radius 1 is 1.30 bits per heavy atom. The molecule has 5 nitrogen and oxygen atoms in total. The van der Waals surface area contributed by atoms with Crippen molar-refractivity contribution in [2.45, 2.75) is 31.7 Å². The van der Waals surface area contributed by atoms with E-state index in [9.17, 15) is 0 Å². The molecule has 2 aliphatic heterocycles. The Labute approximate surface area is 162 Å². The van der Waals surface area contributed by atoms with Crippen LogP contribution in [-0.2, 0) is 4.74 Å². The lowest BCUT2D eigenvalue weighted by molar-refractivity contribution is 0.150. The van der Waals surface area contributed by atoms with Crippen molar-refractivity contribution >= 4 is 41.7 Å². The van der Waals surface area contributed by atoms with E-state index in [1.807, 2.05) is 18.8 Å². The molecule has 7 heteroatoms. The van der Waals surface area contributed by atoms with Crippen molar-refractivity contribution < 1.29 is 4.74 Å². The molecule has 2 rings (SSSR count). The largest absolute Gasteiger partial charge is 0.381 e. The highest BCUT2D eigenvalue weighted by Crippen LogP contribution is 2.17. The molecule has 2 aliphatic rings. The summed E-state index contributed by atoms with van der Waals surface area (Å²) < 4.78 is 5.48. The first-order chi connectivity index (χ1) is 10.8. The molecule has 2 fully saturated rings. The lowest BCUT2D eigenvalue weighted by atomic mass is 10.0. The van der Waals surface area contributed by atoms with Gasteiger partial charge in [0.25, 0.3) is 0 Å². The smallest absolute Gasteiger partial charge is 0.191 e. The highest BCUT2D eigenvalue weighted by molar-refractivity contribution is 14.0. The topological polar surface area (TPSA) is 48.9 Å². The minimum atomic E-state index is 0.